The topological polar surface area (TPSA) is 103 Å². The maximum Gasteiger partial charge on any atom is 0.323 e. The van der Waals surface area contributed by atoms with Gasteiger partial charge in [0.25, 0.3) is 5.91 Å². The first-order valence-corrected chi connectivity index (χ1v) is 10.6. The molecule has 32 heavy (non-hydrogen) atoms. The molecular weight excluding hydrogens is 430 g/mol. The van der Waals surface area contributed by atoms with Crippen molar-refractivity contribution >= 4 is 39.2 Å². The summed E-state index contributed by atoms with van der Waals surface area (Å²) in [6.07, 6.45) is 0. The Morgan fingerprint density at radius 2 is 1.88 bits per heavy atom. The molecule has 0 atom stereocenters. The number of thiazole rings is 1. The molecule has 2 aromatic carbocycles. The number of anilines is 1. The second-order valence-corrected chi connectivity index (χ2v) is 7.94. The molecule has 0 saturated heterocycles. The van der Waals surface area contributed by atoms with E-state index >= 15 is 0 Å². The highest BCUT2D eigenvalue weighted by molar-refractivity contribution is 7.14. The molecule has 0 fully saturated rings. The Kier molecular flexibility index (Phi) is 5.83. The number of amides is 1. The van der Waals surface area contributed by atoms with Gasteiger partial charge in [-0.05, 0) is 36.8 Å². The zero-order valence-corrected chi connectivity index (χ0v) is 18.5. The predicted molar refractivity (Wildman–Crippen MR) is 123 cm³/mol. The lowest BCUT2D eigenvalue weighted by molar-refractivity contribution is -0.137. The molecule has 0 radical (unpaired) electrons. The summed E-state index contributed by atoms with van der Waals surface area (Å²) in [5.41, 5.74) is 3.23. The molecule has 0 unspecified atom stereocenters. The average molecular weight is 452 g/mol. The van der Waals surface area contributed by atoms with Crippen LogP contribution in [0.25, 0.3) is 22.2 Å². The molecule has 2 aromatic heterocycles. The third-order valence-electron chi connectivity index (χ3n) is 5.05. The number of carbonyl (C=O) groups excluding carboxylic acids is 1. The highest BCUT2D eigenvalue weighted by atomic mass is 32.1. The van der Waals surface area contributed by atoms with Crippen LogP contribution in [0, 0.1) is 6.92 Å². The van der Waals surface area contributed by atoms with E-state index in [1.807, 2.05) is 36.6 Å². The van der Waals surface area contributed by atoms with E-state index in [-0.39, 0.29) is 12.2 Å². The fourth-order valence-corrected chi connectivity index (χ4v) is 4.28. The number of aryl methyl sites for hydroxylation is 1. The summed E-state index contributed by atoms with van der Waals surface area (Å²) >= 11 is 1.27. The summed E-state index contributed by atoms with van der Waals surface area (Å²) in [7, 11) is 3.18. The number of hydrogen-bond acceptors (Lipinski definition) is 6. The number of aliphatic carboxylic acids is 1. The number of carbonyl (C=O) groups is 2. The van der Waals surface area contributed by atoms with Gasteiger partial charge in [-0.25, -0.2) is 4.98 Å². The van der Waals surface area contributed by atoms with Crippen molar-refractivity contribution in [3.05, 3.63) is 59.1 Å². The lowest BCUT2D eigenvalue weighted by Crippen LogP contribution is -2.19. The Bertz CT molecular complexity index is 1320. The number of nitrogens with one attached hydrogen (secondary N) is 1. The Labute approximate surface area is 188 Å². The van der Waals surface area contributed by atoms with Gasteiger partial charge >= 0.3 is 5.97 Å². The van der Waals surface area contributed by atoms with Gasteiger partial charge in [0.1, 0.15) is 23.7 Å². The molecule has 2 heterocycles. The lowest BCUT2D eigenvalue weighted by atomic mass is 10.1. The highest BCUT2D eigenvalue weighted by Gasteiger charge is 2.19. The average Bonchev–Trinajstić information content (AvgIpc) is 3.38. The van der Waals surface area contributed by atoms with Crippen molar-refractivity contribution in [2.75, 3.05) is 19.5 Å². The molecule has 8 nitrogen and oxygen atoms in total. The van der Waals surface area contributed by atoms with Crippen LogP contribution in [0.5, 0.6) is 11.5 Å². The van der Waals surface area contributed by atoms with Crippen molar-refractivity contribution in [3.8, 4) is 22.8 Å². The fourth-order valence-electron chi connectivity index (χ4n) is 3.57. The summed E-state index contributed by atoms with van der Waals surface area (Å²) in [5, 5.41) is 15.1. The smallest absolute Gasteiger partial charge is 0.323 e. The second-order valence-electron chi connectivity index (χ2n) is 7.08. The largest absolute Gasteiger partial charge is 0.496 e. The minimum atomic E-state index is -1.03. The van der Waals surface area contributed by atoms with Crippen LogP contribution in [0.2, 0.25) is 0 Å². The molecule has 0 aliphatic carbocycles. The van der Waals surface area contributed by atoms with Crippen LogP contribution in [0.4, 0.5) is 5.13 Å². The summed E-state index contributed by atoms with van der Waals surface area (Å²) in [6, 6.07) is 12.7. The first-order chi connectivity index (χ1) is 15.4. The van der Waals surface area contributed by atoms with Gasteiger partial charge < -0.3 is 19.1 Å². The second kappa shape index (κ2) is 8.72. The van der Waals surface area contributed by atoms with E-state index in [2.05, 4.69) is 10.3 Å². The third kappa shape index (κ3) is 4.02. The van der Waals surface area contributed by atoms with Crippen LogP contribution in [0.15, 0.2) is 47.8 Å². The quantitative estimate of drug-likeness (QED) is 0.431. The molecule has 0 aliphatic rings. The maximum atomic E-state index is 13.0. The summed E-state index contributed by atoms with van der Waals surface area (Å²) in [4.78, 5) is 28.9. The zero-order valence-electron chi connectivity index (χ0n) is 17.7. The van der Waals surface area contributed by atoms with E-state index in [0.717, 1.165) is 16.5 Å². The van der Waals surface area contributed by atoms with Gasteiger partial charge in [0.15, 0.2) is 5.13 Å². The summed E-state index contributed by atoms with van der Waals surface area (Å²) in [6.45, 7) is 1.60. The van der Waals surface area contributed by atoms with Crippen molar-refractivity contribution in [2.24, 2.45) is 0 Å². The number of carboxylic acid groups (broad SMARTS) is 1. The van der Waals surface area contributed by atoms with Gasteiger partial charge in [-0.15, -0.1) is 11.3 Å². The number of carboxylic acids is 1. The van der Waals surface area contributed by atoms with Crippen LogP contribution in [-0.4, -0.2) is 40.8 Å². The van der Waals surface area contributed by atoms with Crippen LogP contribution < -0.4 is 14.8 Å². The van der Waals surface area contributed by atoms with Crippen LogP contribution >= 0.6 is 11.3 Å². The minimum Gasteiger partial charge on any atom is -0.496 e. The van der Waals surface area contributed by atoms with Crippen LogP contribution in [0.1, 0.15) is 16.1 Å². The van der Waals surface area contributed by atoms with Crippen molar-refractivity contribution in [1.82, 2.24) is 9.55 Å². The molecule has 9 heteroatoms. The minimum absolute atomic E-state index is 0.250. The van der Waals surface area contributed by atoms with Gasteiger partial charge in [-0.3, -0.25) is 14.9 Å². The third-order valence-corrected chi connectivity index (χ3v) is 5.81. The van der Waals surface area contributed by atoms with Crippen LogP contribution in [-0.2, 0) is 11.3 Å². The Morgan fingerprint density at radius 1 is 1.12 bits per heavy atom. The van der Waals surface area contributed by atoms with E-state index in [1.165, 1.54) is 15.9 Å². The number of benzene rings is 2. The number of hydrogen-bond donors (Lipinski definition) is 2. The molecule has 0 spiro atoms. The summed E-state index contributed by atoms with van der Waals surface area (Å²) < 4.78 is 12.4. The number of ether oxygens (including phenoxy) is 2. The van der Waals surface area contributed by atoms with E-state index in [0.29, 0.717) is 27.8 Å². The molecule has 1 amide bonds. The van der Waals surface area contributed by atoms with Crippen molar-refractivity contribution < 1.29 is 24.2 Å². The molecule has 0 saturated carbocycles. The fraction of sp³-hybridized carbons (Fsp3) is 0.174. The molecule has 0 bridgehead atoms. The predicted octanol–water partition coefficient (Wildman–Crippen LogP) is 4.43. The number of para-hydroxylation sites is 1. The molecular formula is C23H21N3O5S. The van der Waals surface area contributed by atoms with Gasteiger partial charge in [-0.2, -0.15) is 0 Å². The van der Waals surface area contributed by atoms with Gasteiger partial charge in [0.2, 0.25) is 0 Å². The maximum absolute atomic E-state index is 13.0. The van der Waals surface area contributed by atoms with Crippen LogP contribution in [0.3, 0.4) is 0 Å². The number of aromatic nitrogens is 2. The molecule has 164 valence electrons. The standard InChI is InChI=1S/C23H21N3O5S/c1-13-8-20(31-3)15(10-19(13)30-2)16-12-32-23(24-16)25-22(29)18-9-14-6-4-5-7-17(14)26(18)11-21(27)28/h4-10,12H,11H2,1-3H3,(H,27,28)(H,24,25,29). The Hall–Kier alpha value is -3.85. The molecule has 4 rings (SSSR count). The SMILES string of the molecule is COc1cc(-c2csc(NC(=O)c3cc4ccccc4n3CC(=O)O)n2)c(OC)cc1C. The van der Waals surface area contributed by atoms with Gasteiger partial charge in [0.05, 0.1) is 19.9 Å². The van der Waals surface area contributed by atoms with E-state index in [9.17, 15) is 14.7 Å². The van der Waals surface area contributed by atoms with Gasteiger partial charge in [0, 0.05) is 21.8 Å². The van der Waals surface area contributed by atoms with E-state index in [4.69, 9.17) is 9.47 Å². The van der Waals surface area contributed by atoms with Crippen molar-refractivity contribution in [3.63, 3.8) is 0 Å². The van der Waals surface area contributed by atoms with E-state index in [1.54, 1.807) is 32.4 Å². The normalized spacial score (nSPS) is 10.8. The monoisotopic (exact) mass is 451 g/mol. The van der Waals surface area contributed by atoms with Gasteiger partial charge in [-0.1, -0.05) is 18.2 Å². The first kappa shape index (κ1) is 21.4. The van der Waals surface area contributed by atoms with Crippen molar-refractivity contribution in [2.45, 2.75) is 13.5 Å². The highest BCUT2D eigenvalue weighted by Crippen LogP contribution is 2.37. The number of fused-ring (bicyclic) bond motifs is 1. The Morgan fingerprint density at radius 3 is 2.59 bits per heavy atom. The van der Waals surface area contributed by atoms with Crippen molar-refractivity contribution in [1.29, 1.82) is 0 Å². The zero-order chi connectivity index (χ0) is 22.8. The Balaban J connectivity index is 1.65. The molecule has 0 aliphatic heterocycles. The first-order valence-electron chi connectivity index (χ1n) is 9.71. The molecule has 2 N–H and O–H groups in total. The molecule has 4 aromatic rings. The number of nitrogens with zero attached hydrogens (tertiary/aromatic N) is 2. The summed E-state index contributed by atoms with van der Waals surface area (Å²) in [5.74, 6) is -0.111. The number of rotatable bonds is 7. The lowest BCUT2D eigenvalue weighted by Gasteiger charge is -2.11. The number of methoxy groups -OCH3 is 2. The van der Waals surface area contributed by atoms with E-state index < -0.39 is 11.9 Å².